The van der Waals surface area contributed by atoms with Crippen molar-refractivity contribution >= 4 is 45.7 Å². The standard InChI is InChI=1S/C16H27B2BrN2O6S/c1-14(2,11-28(22,23)21-13-8-12(19)9-20-10-13)25-17(24-7)18-26-15(3,4)16(5,6)27-18/h8-10,21H,11H2,1-7H3. The van der Waals surface area contributed by atoms with Crippen LogP contribution in [-0.2, 0) is 28.6 Å². The minimum Gasteiger partial charge on any atom is -0.416 e. The smallest absolute Gasteiger partial charge is 0.416 e. The number of hydrogen-bond donors (Lipinski definition) is 1. The molecule has 12 heteroatoms. The highest BCUT2D eigenvalue weighted by molar-refractivity contribution is 9.10. The van der Waals surface area contributed by atoms with E-state index in [0.717, 1.165) is 0 Å². The summed E-state index contributed by atoms with van der Waals surface area (Å²) < 4.78 is 51.6. The number of hydrogen-bond acceptors (Lipinski definition) is 7. The molecule has 28 heavy (non-hydrogen) atoms. The number of sulfonamides is 1. The van der Waals surface area contributed by atoms with Crippen molar-refractivity contribution in [2.75, 3.05) is 17.6 Å². The lowest BCUT2D eigenvalue weighted by molar-refractivity contribution is 0.00578. The van der Waals surface area contributed by atoms with Gasteiger partial charge in [0.25, 0.3) is 0 Å². The zero-order valence-electron chi connectivity index (χ0n) is 17.3. The van der Waals surface area contributed by atoms with E-state index in [-0.39, 0.29) is 5.75 Å². The fourth-order valence-corrected chi connectivity index (χ4v) is 4.59. The number of nitrogens with zero attached hydrogens (tertiary/aromatic N) is 1. The minimum absolute atomic E-state index is 0.300. The molecular weight excluding hydrogens is 450 g/mol. The van der Waals surface area contributed by atoms with Gasteiger partial charge in [-0.05, 0) is 63.5 Å². The van der Waals surface area contributed by atoms with Crippen molar-refractivity contribution in [3.05, 3.63) is 22.9 Å². The van der Waals surface area contributed by atoms with Gasteiger partial charge in [0.15, 0.2) is 0 Å². The van der Waals surface area contributed by atoms with Gasteiger partial charge in [-0.1, -0.05) is 0 Å². The fourth-order valence-electron chi connectivity index (χ4n) is 2.70. The van der Waals surface area contributed by atoms with Crippen LogP contribution in [0.4, 0.5) is 5.69 Å². The van der Waals surface area contributed by atoms with Crippen LogP contribution in [0, 0.1) is 0 Å². The number of halogens is 1. The van der Waals surface area contributed by atoms with Crippen LogP contribution in [0.15, 0.2) is 22.9 Å². The predicted octanol–water partition coefficient (Wildman–Crippen LogP) is 2.69. The highest BCUT2D eigenvalue weighted by Gasteiger charge is 2.58. The van der Waals surface area contributed by atoms with Crippen molar-refractivity contribution in [2.45, 2.75) is 58.3 Å². The van der Waals surface area contributed by atoms with Crippen LogP contribution in [-0.4, -0.2) is 57.1 Å². The number of nitrogens with one attached hydrogen (secondary N) is 1. The van der Waals surface area contributed by atoms with Gasteiger partial charge in [0.1, 0.15) is 0 Å². The third kappa shape index (κ3) is 5.93. The monoisotopic (exact) mass is 476 g/mol. The molecule has 1 aromatic rings. The van der Waals surface area contributed by atoms with Crippen molar-refractivity contribution in [2.24, 2.45) is 0 Å². The van der Waals surface area contributed by atoms with Gasteiger partial charge >= 0.3 is 14.0 Å². The molecular formula is C16H27B2BrN2O6S. The van der Waals surface area contributed by atoms with Crippen molar-refractivity contribution < 1.29 is 27.0 Å². The van der Waals surface area contributed by atoms with E-state index >= 15 is 0 Å². The molecule has 156 valence electrons. The lowest BCUT2D eigenvalue weighted by Gasteiger charge is -2.32. The highest BCUT2D eigenvalue weighted by atomic mass is 79.9. The van der Waals surface area contributed by atoms with Crippen LogP contribution >= 0.6 is 15.9 Å². The lowest BCUT2D eigenvalue weighted by Crippen LogP contribution is -2.50. The van der Waals surface area contributed by atoms with Crippen molar-refractivity contribution in [3.63, 3.8) is 0 Å². The van der Waals surface area contributed by atoms with E-state index in [2.05, 4.69) is 25.6 Å². The first-order chi connectivity index (χ1) is 12.7. The Morgan fingerprint density at radius 2 is 1.82 bits per heavy atom. The van der Waals surface area contributed by atoms with Gasteiger partial charge in [0, 0.05) is 17.8 Å². The summed E-state index contributed by atoms with van der Waals surface area (Å²) in [5, 5.41) is 0. The van der Waals surface area contributed by atoms with Crippen LogP contribution in [0.1, 0.15) is 41.5 Å². The summed E-state index contributed by atoms with van der Waals surface area (Å²) in [4.78, 5) is 3.95. The second-order valence-corrected chi connectivity index (χ2v) is 11.0. The molecule has 8 nitrogen and oxygen atoms in total. The van der Waals surface area contributed by atoms with Gasteiger partial charge < -0.3 is 18.6 Å². The van der Waals surface area contributed by atoms with Crippen molar-refractivity contribution in [3.8, 4) is 0 Å². The quantitative estimate of drug-likeness (QED) is 0.576. The summed E-state index contributed by atoms with van der Waals surface area (Å²) in [6.45, 7) is 11.0. The van der Waals surface area contributed by atoms with E-state index in [9.17, 15) is 8.42 Å². The SMILES string of the molecule is COB(OC(C)(C)CS(=O)(=O)Nc1cncc(Br)c1)B1OC(C)(C)C(C)(C)O1. The summed E-state index contributed by atoms with van der Waals surface area (Å²) in [7, 11) is -3.91. The Kier molecular flexibility index (Phi) is 6.95. The maximum Gasteiger partial charge on any atom is 0.488 e. The van der Waals surface area contributed by atoms with Crippen LogP contribution in [0.5, 0.6) is 0 Å². The second kappa shape index (κ2) is 8.23. The lowest BCUT2D eigenvalue weighted by atomic mass is 9.48. The van der Waals surface area contributed by atoms with Gasteiger partial charge in [-0.2, -0.15) is 0 Å². The zero-order valence-corrected chi connectivity index (χ0v) is 19.7. The summed E-state index contributed by atoms with van der Waals surface area (Å²) in [6.07, 6.45) is 3.00. The summed E-state index contributed by atoms with van der Waals surface area (Å²) in [6, 6.07) is 1.63. The molecule has 1 fully saturated rings. The van der Waals surface area contributed by atoms with Crippen molar-refractivity contribution in [1.82, 2.24) is 4.98 Å². The Balaban J connectivity index is 2.07. The van der Waals surface area contributed by atoms with E-state index in [0.29, 0.717) is 10.2 Å². The Labute approximate surface area is 176 Å². The van der Waals surface area contributed by atoms with Crippen LogP contribution in [0.2, 0.25) is 0 Å². The molecule has 0 aliphatic carbocycles. The molecule has 0 atom stereocenters. The minimum atomic E-state index is -3.71. The predicted molar refractivity (Wildman–Crippen MR) is 113 cm³/mol. The number of anilines is 1. The first-order valence-corrected chi connectivity index (χ1v) is 11.3. The van der Waals surface area contributed by atoms with E-state index in [4.69, 9.17) is 18.6 Å². The molecule has 1 aromatic heterocycles. The summed E-state index contributed by atoms with van der Waals surface area (Å²) >= 11 is 3.26. The molecule has 1 N–H and O–H groups in total. The molecule has 0 spiro atoms. The summed E-state index contributed by atoms with van der Waals surface area (Å²) in [5.74, 6) is -0.300. The molecule has 0 aromatic carbocycles. The Bertz CT molecular complexity index is 790. The third-order valence-electron chi connectivity index (χ3n) is 4.68. The van der Waals surface area contributed by atoms with Gasteiger partial charge in [-0.3, -0.25) is 9.71 Å². The molecule has 0 unspecified atom stereocenters. The molecule has 1 saturated heterocycles. The zero-order chi connectivity index (χ0) is 21.4. The highest BCUT2D eigenvalue weighted by Crippen LogP contribution is 2.37. The second-order valence-electron chi connectivity index (χ2n) is 8.36. The average Bonchev–Trinajstić information content (AvgIpc) is 2.71. The first kappa shape index (κ1) is 23.6. The van der Waals surface area contributed by atoms with Gasteiger partial charge in [-0.25, -0.2) is 8.42 Å². The Hall–Kier alpha value is -0.650. The van der Waals surface area contributed by atoms with E-state index in [1.54, 1.807) is 26.1 Å². The average molecular weight is 477 g/mol. The molecule has 2 heterocycles. The molecule has 1 aliphatic rings. The maximum absolute atomic E-state index is 12.6. The van der Waals surface area contributed by atoms with Gasteiger partial charge in [0.2, 0.25) is 10.0 Å². The molecule has 0 bridgehead atoms. The first-order valence-electron chi connectivity index (χ1n) is 8.84. The van der Waals surface area contributed by atoms with Gasteiger partial charge in [0.05, 0.1) is 34.4 Å². The van der Waals surface area contributed by atoms with E-state index < -0.39 is 40.8 Å². The van der Waals surface area contributed by atoms with Crippen LogP contribution in [0.3, 0.4) is 0 Å². The number of aromatic nitrogens is 1. The largest absolute Gasteiger partial charge is 0.488 e. The number of pyridine rings is 1. The van der Waals surface area contributed by atoms with Gasteiger partial charge in [-0.15, -0.1) is 0 Å². The topological polar surface area (TPSA) is 96.0 Å². The Morgan fingerprint density at radius 3 is 2.32 bits per heavy atom. The third-order valence-corrected chi connectivity index (χ3v) is 6.73. The van der Waals surface area contributed by atoms with Crippen LogP contribution < -0.4 is 4.72 Å². The summed E-state index contributed by atoms with van der Waals surface area (Å²) in [5.41, 5.74) is -1.82. The maximum atomic E-state index is 12.6. The van der Waals surface area contributed by atoms with Crippen molar-refractivity contribution in [1.29, 1.82) is 0 Å². The van der Waals surface area contributed by atoms with E-state index in [1.807, 2.05) is 27.7 Å². The Morgan fingerprint density at radius 1 is 1.25 bits per heavy atom. The molecule has 0 radical (unpaired) electrons. The molecule has 2 rings (SSSR count). The van der Waals surface area contributed by atoms with E-state index in [1.165, 1.54) is 13.3 Å². The molecule has 0 saturated carbocycles. The molecule has 1 aliphatic heterocycles. The fraction of sp³-hybridized carbons (Fsp3) is 0.688. The normalized spacial score (nSPS) is 18.9. The van der Waals surface area contributed by atoms with Crippen LogP contribution in [0.25, 0.3) is 0 Å². The number of rotatable bonds is 8. The molecule has 0 amide bonds.